The zero-order valence-corrected chi connectivity index (χ0v) is 33.6. The summed E-state index contributed by atoms with van der Waals surface area (Å²) >= 11 is 0. The summed E-state index contributed by atoms with van der Waals surface area (Å²) in [6.07, 6.45) is 46.0. The highest BCUT2D eigenvalue weighted by molar-refractivity contribution is 5.80. The van der Waals surface area contributed by atoms with Crippen molar-refractivity contribution in [2.45, 2.75) is 237 Å². The van der Waals surface area contributed by atoms with Crippen LogP contribution in [0.3, 0.4) is 0 Å². The summed E-state index contributed by atoms with van der Waals surface area (Å²) in [6.45, 7) is 4.03. The van der Waals surface area contributed by atoms with Gasteiger partial charge in [0.2, 0.25) is 5.91 Å². The van der Waals surface area contributed by atoms with Gasteiger partial charge in [0.05, 0.1) is 18.8 Å². The van der Waals surface area contributed by atoms with Crippen LogP contribution in [0.4, 0.5) is 0 Å². The van der Waals surface area contributed by atoms with Gasteiger partial charge in [-0.25, -0.2) is 0 Å². The largest absolute Gasteiger partial charge is 0.394 e. The van der Waals surface area contributed by atoms with E-state index in [9.17, 15) is 25.2 Å². The van der Waals surface area contributed by atoms with Gasteiger partial charge in [0.1, 0.15) is 12.2 Å². The van der Waals surface area contributed by atoms with E-state index in [4.69, 9.17) is 0 Å². The lowest BCUT2D eigenvalue weighted by atomic mass is 10.00. The van der Waals surface area contributed by atoms with E-state index >= 15 is 0 Å². The molecule has 0 aliphatic carbocycles. The number of aliphatic hydroxyl groups is 4. The first-order valence-electron chi connectivity index (χ1n) is 21.9. The van der Waals surface area contributed by atoms with Crippen molar-refractivity contribution in [1.29, 1.82) is 0 Å². The Morgan fingerprint density at radius 2 is 0.824 bits per heavy atom. The Bertz CT molecular complexity index is 812. The number of nitrogens with one attached hydrogen (secondary N) is 1. The van der Waals surface area contributed by atoms with Gasteiger partial charge in [-0.1, -0.05) is 185 Å². The molecule has 4 unspecified atom stereocenters. The third-order valence-corrected chi connectivity index (χ3v) is 10.1. The van der Waals surface area contributed by atoms with E-state index in [1.165, 1.54) is 128 Å². The fourth-order valence-corrected chi connectivity index (χ4v) is 6.55. The van der Waals surface area contributed by atoms with Crippen LogP contribution < -0.4 is 5.32 Å². The normalized spacial score (nSPS) is 14.5. The Labute approximate surface area is 316 Å². The van der Waals surface area contributed by atoms with Crippen molar-refractivity contribution in [2.75, 3.05) is 6.61 Å². The second-order valence-electron chi connectivity index (χ2n) is 15.0. The van der Waals surface area contributed by atoms with E-state index in [1.807, 2.05) is 0 Å². The fourth-order valence-electron chi connectivity index (χ4n) is 6.55. The summed E-state index contributed by atoms with van der Waals surface area (Å²) in [5.74, 6) is -0.599. The molecule has 0 aromatic carbocycles. The SMILES string of the molecule is CCCCCCCCC/C=C/CC/C=C/CC/C=C/CCCC(O)C(O)C(CO)NC(=O)C(O)CCCCCCCCCCCCCCCCC. The maximum absolute atomic E-state index is 12.5. The summed E-state index contributed by atoms with van der Waals surface area (Å²) in [5, 5.41) is 43.6. The average Bonchev–Trinajstić information content (AvgIpc) is 3.13. The molecule has 0 fully saturated rings. The van der Waals surface area contributed by atoms with Crippen LogP contribution in [0, 0.1) is 0 Å². The first-order chi connectivity index (χ1) is 25.0. The molecular weight excluding hydrogens is 634 g/mol. The number of carbonyl (C=O) groups is 1. The molecule has 0 saturated carbocycles. The van der Waals surface area contributed by atoms with Crippen LogP contribution in [-0.2, 0) is 4.79 Å². The molecule has 0 rings (SSSR count). The summed E-state index contributed by atoms with van der Waals surface area (Å²) in [4.78, 5) is 12.5. The molecule has 0 aromatic rings. The van der Waals surface area contributed by atoms with Gasteiger partial charge in [0.25, 0.3) is 0 Å². The summed E-state index contributed by atoms with van der Waals surface area (Å²) in [5.41, 5.74) is 0. The molecule has 300 valence electrons. The maximum atomic E-state index is 12.5. The molecule has 5 N–H and O–H groups in total. The fraction of sp³-hybridized carbons (Fsp3) is 0.844. The monoisotopic (exact) mass is 720 g/mol. The number of rotatable bonds is 39. The molecule has 6 heteroatoms. The summed E-state index contributed by atoms with van der Waals surface area (Å²) < 4.78 is 0. The number of aliphatic hydroxyl groups excluding tert-OH is 4. The first kappa shape index (κ1) is 49.5. The van der Waals surface area contributed by atoms with Crippen LogP contribution in [0.5, 0.6) is 0 Å². The molecule has 51 heavy (non-hydrogen) atoms. The van der Waals surface area contributed by atoms with Gasteiger partial charge in [0, 0.05) is 0 Å². The Morgan fingerprint density at radius 3 is 1.24 bits per heavy atom. The van der Waals surface area contributed by atoms with Crippen LogP contribution in [0.1, 0.15) is 213 Å². The van der Waals surface area contributed by atoms with Crippen molar-refractivity contribution in [1.82, 2.24) is 5.32 Å². The zero-order valence-electron chi connectivity index (χ0n) is 33.6. The molecule has 0 bridgehead atoms. The maximum Gasteiger partial charge on any atom is 0.249 e. The highest BCUT2D eigenvalue weighted by Crippen LogP contribution is 2.15. The quantitative estimate of drug-likeness (QED) is 0.0321. The predicted molar refractivity (Wildman–Crippen MR) is 219 cm³/mol. The van der Waals surface area contributed by atoms with E-state index in [1.54, 1.807) is 0 Å². The van der Waals surface area contributed by atoms with Gasteiger partial charge < -0.3 is 25.7 Å². The van der Waals surface area contributed by atoms with Gasteiger partial charge in [-0.15, -0.1) is 0 Å². The van der Waals surface area contributed by atoms with Crippen molar-refractivity contribution < 1.29 is 25.2 Å². The lowest BCUT2D eigenvalue weighted by Gasteiger charge is -2.27. The van der Waals surface area contributed by atoms with E-state index < -0.39 is 36.9 Å². The summed E-state index contributed by atoms with van der Waals surface area (Å²) in [6, 6.07) is -1.01. The molecule has 1 amide bonds. The molecule has 0 aliphatic heterocycles. The van der Waals surface area contributed by atoms with Crippen molar-refractivity contribution >= 4 is 5.91 Å². The lowest BCUT2D eigenvalue weighted by Crippen LogP contribution is -2.53. The minimum Gasteiger partial charge on any atom is -0.394 e. The van der Waals surface area contributed by atoms with E-state index in [0.29, 0.717) is 19.3 Å². The first-order valence-corrected chi connectivity index (χ1v) is 21.9. The Balaban J connectivity index is 3.83. The third kappa shape index (κ3) is 34.1. The second-order valence-corrected chi connectivity index (χ2v) is 15.0. The Morgan fingerprint density at radius 1 is 0.471 bits per heavy atom. The minimum atomic E-state index is -1.29. The van der Waals surface area contributed by atoms with Crippen molar-refractivity contribution in [3.63, 3.8) is 0 Å². The standard InChI is InChI=1S/C45H85NO5/c1-3-5-7-9-11-13-15-17-19-20-21-22-23-25-26-28-30-32-34-36-38-42(48)44(50)41(40-47)46-45(51)43(49)39-37-35-33-31-29-27-24-18-16-14-12-10-8-6-4-2/h19-20,23,25,30,32,41-44,47-50H,3-18,21-22,24,26-29,31,33-40H2,1-2H3,(H,46,51)/b20-19+,25-23+,32-30+. The van der Waals surface area contributed by atoms with Gasteiger partial charge in [-0.2, -0.15) is 0 Å². The molecule has 0 spiro atoms. The highest BCUT2D eigenvalue weighted by atomic mass is 16.3. The number of carbonyl (C=O) groups excluding carboxylic acids is 1. The van der Waals surface area contributed by atoms with Crippen molar-refractivity contribution in [3.05, 3.63) is 36.5 Å². The molecule has 0 radical (unpaired) electrons. The summed E-state index contributed by atoms with van der Waals surface area (Å²) in [7, 11) is 0. The van der Waals surface area contributed by atoms with E-state index in [0.717, 1.165) is 51.4 Å². The Kier molecular flexibility index (Phi) is 38.6. The number of hydrogen-bond donors (Lipinski definition) is 5. The minimum absolute atomic E-state index is 0.361. The number of amides is 1. The van der Waals surface area contributed by atoms with Crippen molar-refractivity contribution in [3.8, 4) is 0 Å². The smallest absolute Gasteiger partial charge is 0.249 e. The Hall–Kier alpha value is -1.47. The highest BCUT2D eigenvalue weighted by Gasteiger charge is 2.28. The molecule has 6 nitrogen and oxygen atoms in total. The van der Waals surface area contributed by atoms with Crippen LogP contribution in [0.25, 0.3) is 0 Å². The number of allylic oxidation sites excluding steroid dienone is 6. The molecule has 0 aromatic heterocycles. The topological polar surface area (TPSA) is 110 Å². The number of hydrogen-bond acceptors (Lipinski definition) is 5. The molecule has 0 aliphatic rings. The van der Waals surface area contributed by atoms with Gasteiger partial charge in [-0.05, 0) is 64.2 Å². The van der Waals surface area contributed by atoms with E-state index in [-0.39, 0.29) is 0 Å². The van der Waals surface area contributed by atoms with E-state index in [2.05, 4.69) is 55.6 Å². The molecule has 0 saturated heterocycles. The van der Waals surface area contributed by atoms with Gasteiger partial charge in [-0.3, -0.25) is 4.79 Å². The predicted octanol–water partition coefficient (Wildman–Crippen LogP) is 11.3. The second kappa shape index (κ2) is 39.7. The van der Waals surface area contributed by atoms with Gasteiger partial charge in [0.15, 0.2) is 0 Å². The lowest BCUT2D eigenvalue weighted by molar-refractivity contribution is -0.132. The van der Waals surface area contributed by atoms with Crippen LogP contribution in [0.2, 0.25) is 0 Å². The van der Waals surface area contributed by atoms with Crippen LogP contribution in [0.15, 0.2) is 36.5 Å². The molecule has 4 atom stereocenters. The van der Waals surface area contributed by atoms with Crippen LogP contribution in [-0.4, -0.2) is 57.3 Å². The number of unbranched alkanes of at least 4 members (excludes halogenated alkanes) is 24. The molecule has 0 heterocycles. The zero-order chi connectivity index (χ0) is 37.5. The third-order valence-electron chi connectivity index (χ3n) is 10.1. The average molecular weight is 720 g/mol. The molecular formula is C45H85NO5. The van der Waals surface area contributed by atoms with Crippen LogP contribution >= 0.6 is 0 Å². The van der Waals surface area contributed by atoms with Crippen molar-refractivity contribution in [2.24, 2.45) is 0 Å². The van der Waals surface area contributed by atoms with Gasteiger partial charge >= 0.3 is 0 Å².